The fourth-order valence-corrected chi connectivity index (χ4v) is 11.4. The molecular weight excluding hydrogens is 690 g/mol. The molecule has 4 aliphatic rings. The number of amides is 3. The number of H-pyrrole nitrogens is 1. The molecule has 3 fully saturated rings. The van der Waals surface area contributed by atoms with Crippen LogP contribution < -0.4 is 24.6 Å². The molecule has 12 heteroatoms. The number of fused-ring (bicyclic) bond motifs is 9. The second kappa shape index (κ2) is 11.4. The van der Waals surface area contributed by atoms with Crippen LogP contribution in [0.2, 0.25) is 0 Å². The predicted octanol–water partition coefficient (Wildman–Crippen LogP) is 5.90. The van der Waals surface area contributed by atoms with Gasteiger partial charge in [0.25, 0.3) is 5.91 Å². The Labute approximate surface area is 280 Å². The number of anilines is 2. The van der Waals surface area contributed by atoms with Gasteiger partial charge in [-0.05, 0) is 78.8 Å². The van der Waals surface area contributed by atoms with Crippen LogP contribution >= 0.6 is 39.0 Å². The molecular formula is C34H28BrN3O6S2. The number of carbonyl (C=O) groups excluding carboxylic acids is 3. The van der Waals surface area contributed by atoms with Crippen LogP contribution in [0.25, 0.3) is 0 Å². The van der Waals surface area contributed by atoms with Crippen LogP contribution in [0.15, 0.2) is 87.1 Å². The largest absolute Gasteiger partial charge is 0.497 e. The Bertz CT molecular complexity index is 1930. The van der Waals surface area contributed by atoms with Crippen molar-refractivity contribution < 1.29 is 23.9 Å². The van der Waals surface area contributed by atoms with Crippen LogP contribution in [-0.4, -0.2) is 41.7 Å². The van der Waals surface area contributed by atoms with Gasteiger partial charge >= 0.3 is 4.87 Å². The van der Waals surface area contributed by atoms with Crippen LogP contribution in [0, 0.1) is 29.6 Å². The van der Waals surface area contributed by atoms with Gasteiger partial charge in [-0.1, -0.05) is 45.5 Å². The first kappa shape index (κ1) is 29.5. The zero-order valence-electron chi connectivity index (χ0n) is 24.5. The first-order chi connectivity index (χ1) is 22.3. The third-order valence-electron chi connectivity index (χ3n) is 9.78. The molecule has 4 aromatic rings. The summed E-state index contributed by atoms with van der Waals surface area (Å²) in [5.74, 6) is -0.444. The Kier molecular flexibility index (Phi) is 7.34. The predicted molar refractivity (Wildman–Crippen MR) is 179 cm³/mol. The van der Waals surface area contributed by atoms with E-state index in [2.05, 4.69) is 26.2 Å². The molecule has 4 unspecified atom stereocenters. The normalized spacial score (nSPS) is 27.3. The molecule has 234 valence electrons. The van der Waals surface area contributed by atoms with E-state index in [4.69, 9.17) is 9.47 Å². The first-order valence-electron chi connectivity index (χ1n) is 15.0. The van der Waals surface area contributed by atoms with E-state index in [1.807, 2.05) is 48.5 Å². The molecule has 7 atom stereocenters. The van der Waals surface area contributed by atoms with Gasteiger partial charge in [0.1, 0.15) is 11.5 Å². The molecule has 3 heterocycles. The molecule has 2 saturated carbocycles. The first-order valence-corrected chi connectivity index (χ1v) is 17.5. The lowest BCUT2D eigenvalue weighted by molar-refractivity contribution is -0.123. The summed E-state index contributed by atoms with van der Waals surface area (Å²) in [4.78, 5) is 58.7. The van der Waals surface area contributed by atoms with Gasteiger partial charge in [0.15, 0.2) is 6.61 Å². The number of nitrogens with zero attached hydrogens (tertiary/aromatic N) is 1. The van der Waals surface area contributed by atoms with Crippen LogP contribution in [0.3, 0.4) is 0 Å². The molecule has 2 aliphatic carbocycles. The van der Waals surface area contributed by atoms with E-state index >= 15 is 0 Å². The summed E-state index contributed by atoms with van der Waals surface area (Å²) in [5, 5.41) is 3.70. The summed E-state index contributed by atoms with van der Waals surface area (Å²) in [6, 6.07) is 21.9. The monoisotopic (exact) mass is 717 g/mol. The molecule has 2 N–H and O–H groups in total. The number of nitrogens with one attached hydrogen (secondary N) is 2. The van der Waals surface area contributed by atoms with E-state index in [1.54, 1.807) is 43.1 Å². The molecule has 0 radical (unpaired) electrons. The number of ether oxygens (including phenoxy) is 2. The number of aromatic amines is 1. The summed E-state index contributed by atoms with van der Waals surface area (Å²) in [6.07, 6.45) is 0.780. The number of halogens is 1. The summed E-state index contributed by atoms with van der Waals surface area (Å²) >= 11 is 6.45. The standard InChI is InChI=1S/C34H28BrN3O6S2/c1-43-19-10-8-17(9-11-19)36-24(39)15-44-23-12-7-16(35)13-20(23)25-26-21-14-22(29(26)45-31-30(25)46-34(42)37-31)28-27(21)32(40)38(33(28)41)18-5-3-2-4-6-18/h2-13,21-22,25-29H,14-15H2,1H3,(H,36,39)(H,37,42)/t21-,22-,25-,26?,27?,28?,29?/m1/s1. The Morgan fingerprint density at radius 2 is 1.74 bits per heavy atom. The molecule has 2 bridgehead atoms. The van der Waals surface area contributed by atoms with Crippen molar-refractivity contribution in [2.45, 2.75) is 22.6 Å². The van der Waals surface area contributed by atoms with E-state index in [-0.39, 0.29) is 64.0 Å². The highest BCUT2D eigenvalue weighted by Crippen LogP contribution is 2.69. The van der Waals surface area contributed by atoms with Gasteiger partial charge < -0.3 is 19.8 Å². The van der Waals surface area contributed by atoms with Crippen molar-refractivity contribution in [2.75, 3.05) is 23.9 Å². The topological polar surface area (TPSA) is 118 Å². The van der Waals surface area contributed by atoms with Crippen molar-refractivity contribution in [3.63, 3.8) is 0 Å². The van der Waals surface area contributed by atoms with Crippen molar-refractivity contribution in [3.8, 4) is 11.5 Å². The number of carbonyl (C=O) groups is 3. The van der Waals surface area contributed by atoms with Gasteiger partial charge in [0, 0.05) is 31.8 Å². The third-order valence-corrected chi connectivity index (χ3v) is 12.9. The summed E-state index contributed by atoms with van der Waals surface area (Å²) < 4.78 is 12.2. The zero-order chi connectivity index (χ0) is 31.7. The number of benzene rings is 3. The number of imide groups is 1. The van der Waals surface area contributed by atoms with E-state index in [0.717, 1.165) is 26.4 Å². The Balaban J connectivity index is 1.13. The number of thioether (sulfide) groups is 1. The Morgan fingerprint density at radius 1 is 1.00 bits per heavy atom. The van der Waals surface area contributed by atoms with E-state index in [9.17, 15) is 19.2 Å². The lowest BCUT2D eigenvalue weighted by Crippen LogP contribution is -2.42. The van der Waals surface area contributed by atoms with E-state index in [0.29, 0.717) is 22.9 Å². The number of rotatable bonds is 7. The SMILES string of the molecule is COc1ccc(NC(=O)COc2ccc(Br)cc2[C@H]2c3sc(=O)[nH]c3SC3C2[C@H]2C[C@@H]3C3C(=O)N(c4ccccc4)C(=O)C32)cc1. The molecule has 3 aromatic carbocycles. The fraction of sp³-hybridized carbons (Fsp3) is 0.294. The van der Waals surface area contributed by atoms with Crippen LogP contribution in [0.1, 0.15) is 22.8 Å². The summed E-state index contributed by atoms with van der Waals surface area (Å²) in [6.45, 7) is -0.220. The number of hydrogen-bond donors (Lipinski definition) is 2. The molecule has 1 saturated heterocycles. The molecule has 3 amide bonds. The highest BCUT2D eigenvalue weighted by Gasteiger charge is 2.69. The van der Waals surface area contributed by atoms with Gasteiger partial charge in [0.05, 0.1) is 29.7 Å². The lowest BCUT2D eigenvalue weighted by atomic mass is 9.68. The fourth-order valence-electron chi connectivity index (χ4n) is 8.11. The molecule has 46 heavy (non-hydrogen) atoms. The minimum Gasteiger partial charge on any atom is -0.497 e. The second-order valence-electron chi connectivity index (χ2n) is 12.1. The quantitative estimate of drug-likeness (QED) is 0.229. The van der Waals surface area contributed by atoms with Crippen molar-refractivity contribution in [1.29, 1.82) is 0 Å². The average molecular weight is 719 g/mol. The molecule has 2 aliphatic heterocycles. The van der Waals surface area contributed by atoms with E-state index < -0.39 is 5.92 Å². The highest BCUT2D eigenvalue weighted by atomic mass is 79.9. The van der Waals surface area contributed by atoms with Crippen molar-refractivity contribution >= 4 is 68.1 Å². The highest BCUT2D eigenvalue weighted by molar-refractivity contribution is 9.10. The van der Waals surface area contributed by atoms with E-state index in [1.165, 1.54) is 16.2 Å². The van der Waals surface area contributed by atoms with Crippen LogP contribution in [-0.2, 0) is 14.4 Å². The molecule has 8 rings (SSSR count). The maximum Gasteiger partial charge on any atom is 0.305 e. The second-order valence-corrected chi connectivity index (χ2v) is 15.2. The number of thiazole rings is 1. The number of methoxy groups -OCH3 is 1. The van der Waals surface area contributed by atoms with Gasteiger partial charge in [0.2, 0.25) is 11.8 Å². The minimum atomic E-state index is -0.411. The number of para-hydroxylation sites is 1. The summed E-state index contributed by atoms with van der Waals surface area (Å²) in [7, 11) is 1.58. The zero-order valence-corrected chi connectivity index (χ0v) is 27.7. The van der Waals surface area contributed by atoms with Crippen molar-refractivity contribution in [2.24, 2.45) is 29.6 Å². The van der Waals surface area contributed by atoms with Crippen LogP contribution in [0.4, 0.5) is 11.4 Å². The lowest BCUT2D eigenvalue weighted by Gasteiger charge is -2.43. The molecule has 9 nitrogen and oxygen atoms in total. The maximum atomic E-state index is 14.0. The Hall–Kier alpha value is -3.87. The average Bonchev–Trinajstić information content (AvgIpc) is 3.80. The van der Waals surface area contributed by atoms with Crippen molar-refractivity contribution in [3.05, 3.63) is 97.4 Å². The number of aromatic nitrogens is 1. The third kappa shape index (κ3) is 4.72. The van der Waals surface area contributed by atoms with Gasteiger partial charge in [-0.2, -0.15) is 0 Å². The molecule has 1 aromatic heterocycles. The molecule has 0 spiro atoms. The number of hydrogen-bond acceptors (Lipinski definition) is 8. The van der Waals surface area contributed by atoms with Crippen molar-refractivity contribution in [1.82, 2.24) is 4.98 Å². The smallest absolute Gasteiger partial charge is 0.305 e. The maximum absolute atomic E-state index is 14.0. The van der Waals surface area contributed by atoms with Gasteiger partial charge in [-0.15, -0.1) is 11.8 Å². The van der Waals surface area contributed by atoms with Gasteiger partial charge in [-0.25, -0.2) is 0 Å². The Morgan fingerprint density at radius 3 is 2.48 bits per heavy atom. The van der Waals surface area contributed by atoms with Gasteiger partial charge in [-0.3, -0.25) is 24.1 Å². The summed E-state index contributed by atoms with van der Waals surface area (Å²) in [5.41, 5.74) is 2.08. The van der Waals surface area contributed by atoms with Crippen LogP contribution in [0.5, 0.6) is 11.5 Å². The minimum absolute atomic E-state index is 0.000935.